The first-order valence-electron chi connectivity index (χ1n) is 10.5. The van der Waals surface area contributed by atoms with Crippen LogP contribution < -0.4 is 15.2 Å². The van der Waals surface area contributed by atoms with Crippen molar-refractivity contribution in [1.82, 2.24) is 0 Å². The summed E-state index contributed by atoms with van der Waals surface area (Å²) in [7, 11) is 0. The lowest BCUT2D eigenvalue weighted by molar-refractivity contribution is -0.00847. The van der Waals surface area contributed by atoms with E-state index < -0.39 is 0 Å². The third kappa shape index (κ3) is 8.11. The summed E-state index contributed by atoms with van der Waals surface area (Å²) in [5.74, 6) is 3.70. The van der Waals surface area contributed by atoms with Crippen LogP contribution in [-0.2, 0) is 18.9 Å². The summed E-state index contributed by atoms with van der Waals surface area (Å²) in [6.07, 6.45) is 1.23. The number of hydrogen-bond acceptors (Lipinski definition) is 9. The Morgan fingerprint density at radius 2 is 1.27 bits per heavy atom. The Morgan fingerprint density at radius 3 is 1.87 bits per heavy atom. The first-order chi connectivity index (χ1) is 14.9. The van der Waals surface area contributed by atoms with Crippen LogP contribution >= 0.6 is 23.5 Å². The van der Waals surface area contributed by atoms with E-state index in [9.17, 15) is 0 Å². The molecule has 0 amide bonds. The second-order valence-electron chi connectivity index (χ2n) is 6.81. The molecule has 0 radical (unpaired) electrons. The molecule has 3 rings (SSSR count). The number of thioether (sulfide) groups is 2. The van der Waals surface area contributed by atoms with E-state index in [1.54, 1.807) is 0 Å². The number of hydrogen-bond donors (Lipinski definition) is 1. The molecule has 2 heterocycles. The summed E-state index contributed by atoms with van der Waals surface area (Å²) >= 11 is 3.85. The second-order valence-corrected chi connectivity index (χ2v) is 9.61. The SMILES string of the molecule is NC(c1cccc2c1OCCOCCOCCOCCOCCO2)C1SCCCS1. The van der Waals surface area contributed by atoms with Crippen LogP contribution in [0, 0.1) is 0 Å². The molecule has 170 valence electrons. The summed E-state index contributed by atoms with van der Waals surface area (Å²) in [5.41, 5.74) is 7.64. The Balaban J connectivity index is 1.66. The number of benzene rings is 1. The van der Waals surface area contributed by atoms with Gasteiger partial charge in [0, 0.05) is 5.56 Å². The Bertz CT molecular complexity index is 603. The van der Waals surface area contributed by atoms with E-state index in [0.717, 1.165) is 17.1 Å². The van der Waals surface area contributed by atoms with Gasteiger partial charge < -0.3 is 34.2 Å². The maximum absolute atomic E-state index is 6.66. The van der Waals surface area contributed by atoms with Gasteiger partial charge in [-0.2, -0.15) is 0 Å². The fourth-order valence-corrected chi connectivity index (χ4v) is 6.04. The van der Waals surface area contributed by atoms with E-state index in [1.807, 2.05) is 41.7 Å². The predicted octanol–water partition coefficient (Wildman–Crippen LogP) is 2.72. The number of rotatable bonds is 2. The molecule has 2 aliphatic rings. The first kappa shape index (κ1) is 24.0. The number of ether oxygens (including phenoxy) is 6. The van der Waals surface area contributed by atoms with Gasteiger partial charge in [0.2, 0.25) is 0 Å². The monoisotopic (exact) mass is 459 g/mol. The van der Waals surface area contributed by atoms with E-state index in [0.29, 0.717) is 82.1 Å². The van der Waals surface area contributed by atoms with Gasteiger partial charge in [-0.05, 0) is 24.0 Å². The average Bonchev–Trinajstić information content (AvgIpc) is 2.79. The van der Waals surface area contributed by atoms with Gasteiger partial charge in [-0.1, -0.05) is 12.1 Å². The first-order valence-corrected chi connectivity index (χ1v) is 12.6. The summed E-state index contributed by atoms with van der Waals surface area (Å²) in [4.78, 5) is 0. The largest absolute Gasteiger partial charge is 0.487 e. The van der Waals surface area contributed by atoms with Crippen LogP contribution in [0.2, 0.25) is 0 Å². The van der Waals surface area contributed by atoms with E-state index in [-0.39, 0.29) is 6.04 Å². The molecule has 9 heteroatoms. The van der Waals surface area contributed by atoms with Crippen molar-refractivity contribution >= 4 is 23.5 Å². The van der Waals surface area contributed by atoms with Crippen LogP contribution in [-0.4, -0.2) is 82.2 Å². The van der Waals surface area contributed by atoms with Gasteiger partial charge >= 0.3 is 0 Å². The second kappa shape index (κ2) is 14.4. The van der Waals surface area contributed by atoms with Crippen LogP contribution in [0.15, 0.2) is 18.2 Å². The zero-order valence-corrected chi connectivity index (χ0v) is 19.1. The zero-order chi connectivity index (χ0) is 20.9. The Labute approximate surface area is 187 Å². The molecule has 1 aromatic rings. The van der Waals surface area contributed by atoms with Gasteiger partial charge in [0.25, 0.3) is 0 Å². The Hall–Kier alpha value is -0.680. The van der Waals surface area contributed by atoms with Crippen molar-refractivity contribution in [2.24, 2.45) is 5.73 Å². The van der Waals surface area contributed by atoms with Gasteiger partial charge in [-0.25, -0.2) is 0 Å². The van der Waals surface area contributed by atoms with E-state index in [2.05, 4.69) is 0 Å². The van der Waals surface area contributed by atoms with Gasteiger partial charge in [0.15, 0.2) is 11.5 Å². The minimum Gasteiger partial charge on any atom is -0.487 e. The lowest BCUT2D eigenvalue weighted by Gasteiger charge is -2.28. The smallest absolute Gasteiger partial charge is 0.166 e. The summed E-state index contributed by atoms with van der Waals surface area (Å²) in [5, 5.41) is 0. The lowest BCUT2D eigenvalue weighted by Crippen LogP contribution is -2.25. The predicted molar refractivity (Wildman–Crippen MR) is 121 cm³/mol. The third-order valence-electron chi connectivity index (χ3n) is 4.59. The standard InChI is InChI=1S/C21H33NO6S2/c22-19(21-29-15-2-16-30-21)17-3-1-4-18-20(17)28-14-12-26-10-8-24-6-5-23-7-9-25-11-13-27-18/h1,3-4,19,21H,2,5-16,22H2. The van der Waals surface area contributed by atoms with E-state index >= 15 is 0 Å². The molecule has 2 aliphatic heterocycles. The molecular weight excluding hydrogens is 426 g/mol. The van der Waals surface area contributed by atoms with Crippen LogP contribution in [0.25, 0.3) is 0 Å². The molecule has 2 N–H and O–H groups in total. The zero-order valence-electron chi connectivity index (χ0n) is 17.4. The van der Waals surface area contributed by atoms with Crippen molar-refractivity contribution in [2.45, 2.75) is 17.0 Å². The Morgan fingerprint density at radius 1 is 0.733 bits per heavy atom. The van der Waals surface area contributed by atoms with Crippen LogP contribution in [0.3, 0.4) is 0 Å². The minimum absolute atomic E-state index is 0.126. The van der Waals surface area contributed by atoms with Crippen molar-refractivity contribution in [2.75, 3.05) is 77.6 Å². The molecule has 30 heavy (non-hydrogen) atoms. The van der Waals surface area contributed by atoms with E-state index in [1.165, 1.54) is 6.42 Å². The van der Waals surface area contributed by atoms with Crippen molar-refractivity contribution in [3.63, 3.8) is 0 Å². The third-order valence-corrected chi connectivity index (χ3v) is 7.70. The molecule has 1 unspecified atom stereocenters. The number of fused-ring (bicyclic) bond motifs is 1. The maximum Gasteiger partial charge on any atom is 0.166 e. The highest BCUT2D eigenvalue weighted by Gasteiger charge is 2.27. The topological polar surface area (TPSA) is 81.4 Å². The van der Waals surface area contributed by atoms with Crippen LogP contribution in [0.5, 0.6) is 11.5 Å². The summed E-state index contributed by atoms with van der Waals surface area (Å²) < 4.78 is 34.6. The molecule has 0 bridgehead atoms. The fourth-order valence-electron chi connectivity index (χ4n) is 3.10. The van der Waals surface area contributed by atoms with Crippen molar-refractivity contribution in [3.05, 3.63) is 23.8 Å². The van der Waals surface area contributed by atoms with Crippen molar-refractivity contribution < 1.29 is 28.4 Å². The number of para-hydroxylation sites is 1. The highest BCUT2D eigenvalue weighted by molar-refractivity contribution is 8.17. The molecule has 0 saturated carbocycles. The van der Waals surface area contributed by atoms with Crippen molar-refractivity contribution in [1.29, 1.82) is 0 Å². The van der Waals surface area contributed by atoms with Crippen LogP contribution in [0.4, 0.5) is 0 Å². The van der Waals surface area contributed by atoms with Gasteiger partial charge in [-0.3, -0.25) is 0 Å². The molecular formula is C21H33NO6S2. The molecule has 1 atom stereocenters. The molecule has 1 fully saturated rings. The van der Waals surface area contributed by atoms with Crippen LogP contribution in [0.1, 0.15) is 18.0 Å². The molecule has 7 nitrogen and oxygen atoms in total. The lowest BCUT2D eigenvalue weighted by atomic mass is 10.1. The normalized spacial score (nSPS) is 22.6. The highest BCUT2D eigenvalue weighted by atomic mass is 32.2. The summed E-state index contributed by atoms with van der Waals surface area (Å²) in [6, 6.07) is 5.81. The molecule has 0 spiro atoms. The molecule has 0 aliphatic carbocycles. The van der Waals surface area contributed by atoms with Crippen molar-refractivity contribution in [3.8, 4) is 11.5 Å². The maximum atomic E-state index is 6.66. The van der Waals surface area contributed by atoms with E-state index in [4.69, 9.17) is 34.2 Å². The van der Waals surface area contributed by atoms with Gasteiger partial charge in [-0.15, -0.1) is 23.5 Å². The minimum atomic E-state index is -0.126. The quantitative estimate of drug-likeness (QED) is 0.718. The van der Waals surface area contributed by atoms with Gasteiger partial charge in [0.05, 0.1) is 63.5 Å². The fraction of sp³-hybridized carbons (Fsp3) is 0.714. The molecule has 1 aromatic carbocycles. The molecule has 0 aromatic heterocycles. The summed E-state index contributed by atoms with van der Waals surface area (Å²) in [6.45, 7) is 5.02. The molecule has 1 saturated heterocycles. The highest BCUT2D eigenvalue weighted by Crippen LogP contribution is 2.43. The Kier molecular flexibility index (Phi) is 11.5. The number of nitrogens with two attached hydrogens (primary N) is 1. The van der Waals surface area contributed by atoms with Gasteiger partial charge in [0.1, 0.15) is 13.2 Å². The average molecular weight is 460 g/mol.